The van der Waals surface area contributed by atoms with Gasteiger partial charge in [0.2, 0.25) is 0 Å². The van der Waals surface area contributed by atoms with Gasteiger partial charge in [-0.25, -0.2) is 19.9 Å². The van der Waals surface area contributed by atoms with Gasteiger partial charge in [0.05, 0.1) is 11.2 Å². The molecule has 0 aliphatic carbocycles. The van der Waals surface area contributed by atoms with Gasteiger partial charge in [0.25, 0.3) is 5.91 Å². The summed E-state index contributed by atoms with van der Waals surface area (Å²) in [5.74, 6) is 1.74. The minimum absolute atomic E-state index is 0.0757. The maximum Gasteiger partial charge on any atom is 0.265 e. The predicted octanol–water partition coefficient (Wildman–Crippen LogP) is 2.96. The molecule has 0 radical (unpaired) electrons. The normalized spacial score (nSPS) is 17.5. The van der Waals surface area contributed by atoms with E-state index in [4.69, 9.17) is 0 Å². The van der Waals surface area contributed by atoms with Gasteiger partial charge in [-0.1, -0.05) is 0 Å². The molecule has 1 saturated heterocycles. The molecule has 0 saturated carbocycles. The van der Waals surface area contributed by atoms with E-state index in [0.29, 0.717) is 6.54 Å². The molecule has 7 nitrogen and oxygen atoms in total. The number of aryl methyl sites for hydroxylation is 2. The van der Waals surface area contributed by atoms with Crippen molar-refractivity contribution in [2.24, 2.45) is 0 Å². The summed E-state index contributed by atoms with van der Waals surface area (Å²) in [4.78, 5) is 36.2. The topological polar surface area (TPSA) is 87.7 Å². The number of carbonyl (C=O) groups excluding carboxylic acids is 1. The van der Waals surface area contributed by atoms with Gasteiger partial charge >= 0.3 is 0 Å². The van der Waals surface area contributed by atoms with E-state index < -0.39 is 0 Å². The maximum atomic E-state index is 12.8. The smallest absolute Gasteiger partial charge is 0.265 e. The zero-order valence-corrected chi connectivity index (χ0v) is 15.6. The molecule has 3 aromatic rings. The first kappa shape index (κ1) is 16.8. The predicted molar refractivity (Wildman–Crippen MR) is 99.1 cm³/mol. The van der Waals surface area contributed by atoms with E-state index in [1.54, 1.807) is 17.9 Å². The van der Waals surface area contributed by atoms with Crippen LogP contribution in [0.25, 0.3) is 11.5 Å². The molecular weight excluding hydrogens is 348 g/mol. The Balaban J connectivity index is 1.58. The number of H-pyrrole nitrogens is 1. The number of thiazole rings is 1. The number of likely N-dealkylation sites (tertiary alicyclic amines) is 1. The third-order valence-electron chi connectivity index (χ3n) is 4.67. The maximum absolute atomic E-state index is 12.8. The van der Waals surface area contributed by atoms with Crippen LogP contribution >= 0.6 is 11.3 Å². The summed E-state index contributed by atoms with van der Waals surface area (Å²) in [6.45, 7) is 5.23. The Morgan fingerprint density at radius 2 is 2.19 bits per heavy atom. The van der Waals surface area contributed by atoms with Crippen molar-refractivity contribution in [3.05, 3.63) is 46.1 Å². The van der Waals surface area contributed by atoms with E-state index >= 15 is 0 Å². The van der Waals surface area contributed by atoms with E-state index in [1.165, 1.54) is 11.3 Å². The van der Waals surface area contributed by atoms with Crippen molar-refractivity contribution in [2.45, 2.75) is 32.6 Å². The van der Waals surface area contributed by atoms with E-state index in [2.05, 4.69) is 24.9 Å². The van der Waals surface area contributed by atoms with E-state index in [9.17, 15) is 4.79 Å². The van der Waals surface area contributed by atoms with E-state index in [0.717, 1.165) is 53.0 Å². The van der Waals surface area contributed by atoms with Crippen molar-refractivity contribution in [3.8, 4) is 11.5 Å². The summed E-state index contributed by atoms with van der Waals surface area (Å²) in [5, 5.41) is 0. The molecule has 8 heteroatoms. The Kier molecular flexibility index (Phi) is 4.50. The van der Waals surface area contributed by atoms with Crippen molar-refractivity contribution in [1.29, 1.82) is 0 Å². The van der Waals surface area contributed by atoms with Crippen molar-refractivity contribution in [2.75, 3.05) is 13.1 Å². The average molecular weight is 368 g/mol. The Bertz CT molecular complexity index is 920. The molecule has 4 heterocycles. The first-order valence-electron chi connectivity index (χ1n) is 8.66. The molecule has 26 heavy (non-hydrogen) atoms. The molecule has 1 fully saturated rings. The number of aromatic amines is 1. The molecule has 1 aliphatic rings. The van der Waals surface area contributed by atoms with Crippen molar-refractivity contribution < 1.29 is 4.79 Å². The zero-order chi connectivity index (χ0) is 18.1. The second kappa shape index (κ2) is 6.95. The van der Waals surface area contributed by atoms with Crippen molar-refractivity contribution in [3.63, 3.8) is 0 Å². The van der Waals surface area contributed by atoms with Gasteiger partial charge in [-0.05, 0) is 32.8 Å². The van der Waals surface area contributed by atoms with Gasteiger partial charge in [0.15, 0.2) is 5.82 Å². The SMILES string of the molecule is Cc1nc(-c2ncc[nH]2)cc([C@H]2CCCN(C(=O)c3scnc3C)C2)n1. The highest BCUT2D eigenvalue weighted by Crippen LogP contribution is 2.29. The minimum Gasteiger partial charge on any atom is -0.343 e. The monoisotopic (exact) mass is 368 g/mol. The molecule has 3 aromatic heterocycles. The molecule has 1 aliphatic heterocycles. The highest BCUT2D eigenvalue weighted by Gasteiger charge is 2.28. The Morgan fingerprint density at radius 3 is 2.92 bits per heavy atom. The number of aromatic nitrogens is 5. The number of piperidine rings is 1. The van der Waals surface area contributed by atoms with Crippen LogP contribution in [-0.2, 0) is 0 Å². The molecular formula is C18H20N6OS. The Hall–Kier alpha value is -2.61. The summed E-state index contributed by atoms with van der Waals surface area (Å²) in [6, 6.07) is 1.99. The molecule has 0 unspecified atom stereocenters. The van der Waals surface area contributed by atoms with Crippen LogP contribution in [0.15, 0.2) is 24.0 Å². The fourth-order valence-corrected chi connectivity index (χ4v) is 4.15. The summed E-state index contributed by atoms with van der Waals surface area (Å²) in [6.07, 6.45) is 5.47. The van der Waals surface area contributed by atoms with Crippen LogP contribution < -0.4 is 0 Å². The highest BCUT2D eigenvalue weighted by molar-refractivity contribution is 7.11. The summed E-state index contributed by atoms with van der Waals surface area (Å²) < 4.78 is 0. The Labute approximate surface area is 155 Å². The lowest BCUT2D eigenvalue weighted by Gasteiger charge is -2.32. The first-order valence-corrected chi connectivity index (χ1v) is 9.54. The third-order valence-corrected chi connectivity index (χ3v) is 5.58. The molecule has 4 rings (SSSR count). The quantitative estimate of drug-likeness (QED) is 0.768. The molecule has 134 valence electrons. The molecule has 1 amide bonds. The average Bonchev–Trinajstić information content (AvgIpc) is 3.32. The number of nitrogens with one attached hydrogen (secondary N) is 1. The number of hydrogen-bond donors (Lipinski definition) is 1. The number of imidazole rings is 1. The summed E-state index contributed by atoms with van der Waals surface area (Å²) in [5.41, 5.74) is 4.30. The van der Waals surface area contributed by atoms with E-state index in [-0.39, 0.29) is 11.8 Å². The van der Waals surface area contributed by atoms with Gasteiger partial charge in [-0.3, -0.25) is 4.79 Å². The van der Waals surface area contributed by atoms with Gasteiger partial charge in [0.1, 0.15) is 16.4 Å². The number of amides is 1. The second-order valence-corrected chi connectivity index (χ2v) is 7.38. The molecule has 0 aromatic carbocycles. The second-order valence-electron chi connectivity index (χ2n) is 6.52. The zero-order valence-electron chi connectivity index (χ0n) is 14.8. The van der Waals surface area contributed by atoms with Crippen LogP contribution in [0, 0.1) is 13.8 Å². The first-order chi connectivity index (χ1) is 12.6. The van der Waals surface area contributed by atoms with Crippen molar-refractivity contribution >= 4 is 17.2 Å². The third kappa shape index (κ3) is 3.24. The number of rotatable bonds is 3. The highest BCUT2D eigenvalue weighted by atomic mass is 32.1. The van der Waals surface area contributed by atoms with Gasteiger partial charge in [-0.15, -0.1) is 11.3 Å². The van der Waals surface area contributed by atoms with Gasteiger partial charge < -0.3 is 9.88 Å². The molecule has 1 N–H and O–H groups in total. The van der Waals surface area contributed by atoms with Crippen LogP contribution in [0.2, 0.25) is 0 Å². The van der Waals surface area contributed by atoms with Crippen LogP contribution in [0.1, 0.15) is 45.6 Å². The fraction of sp³-hybridized carbons (Fsp3) is 0.389. The summed E-state index contributed by atoms with van der Waals surface area (Å²) in [7, 11) is 0. The lowest BCUT2D eigenvalue weighted by Crippen LogP contribution is -2.39. The number of carbonyl (C=O) groups is 1. The standard InChI is InChI=1S/C18H20N6OS/c1-11-16(26-10-21-11)18(25)24-7-3-4-13(9-24)14-8-15(23-12(2)22-14)17-19-5-6-20-17/h5-6,8,10,13H,3-4,7,9H2,1-2H3,(H,19,20)/t13-/m0/s1. The minimum atomic E-state index is 0.0757. The van der Waals surface area contributed by atoms with Crippen LogP contribution in [0.5, 0.6) is 0 Å². The van der Waals surface area contributed by atoms with Crippen molar-refractivity contribution in [1.82, 2.24) is 29.8 Å². The number of hydrogen-bond acceptors (Lipinski definition) is 6. The van der Waals surface area contributed by atoms with E-state index in [1.807, 2.05) is 24.8 Å². The van der Waals surface area contributed by atoms with Crippen LogP contribution in [0.3, 0.4) is 0 Å². The lowest BCUT2D eigenvalue weighted by molar-refractivity contribution is 0.0710. The summed E-state index contributed by atoms with van der Waals surface area (Å²) >= 11 is 1.41. The van der Waals surface area contributed by atoms with Gasteiger partial charge in [0, 0.05) is 37.1 Å². The number of nitrogens with zero attached hydrogens (tertiary/aromatic N) is 5. The fourth-order valence-electron chi connectivity index (χ4n) is 3.38. The Morgan fingerprint density at radius 1 is 1.31 bits per heavy atom. The molecule has 0 bridgehead atoms. The van der Waals surface area contributed by atoms with Crippen LogP contribution in [-0.4, -0.2) is 48.8 Å². The van der Waals surface area contributed by atoms with Gasteiger partial charge in [-0.2, -0.15) is 0 Å². The van der Waals surface area contributed by atoms with Crippen LogP contribution in [0.4, 0.5) is 0 Å². The lowest BCUT2D eigenvalue weighted by atomic mass is 9.93. The molecule has 0 spiro atoms. The molecule has 1 atom stereocenters. The largest absolute Gasteiger partial charge is 0.343 e.